The van der Waals surface area contributed by atoms with E-state index in [0.29, 0.717) is 38.9 Å². The molecule has 4 aromatic rings. The molecule has 10 heteroatoms. The Balaban J connectivity index is 1.86. The molecule has 0 aliphatic rings. The molecule has 7 nitrogen and oxygen atoms in total. The van der Waals surface area contributed by atoms with Crippen molar-refractivity contribution < 1.29 is 13.9 Å². The van der Waals surface area contributed by atoms with Crippen molar-refractivity contribution in [3.05, 3.63) is 76.2 Å². The van der Waals surface area contributed by atoms with E-state index in [1.807, 2.05) is 0 Å². The minimum Gasteiger partial charge on any atom is -0.378 e. The molecule has 1 atom stereocenters. The summed E-state index contributed by atoms with van der Waals surface area (Å²) in [7, 11) is 0. The summed E-state index contributed by atoms with van der Waals surface area (Å²) in [5, 5.41) is 18.3. The first-order chi connectivity index (χ1) is 16.0. The maximum absolute atomic E-state index is 13.7. The number of nitrogens with zero attached hydrogens (tertiary/aromatic N) is 4. The van der Waals surface area contributed by atoms with Crippen molar-refractivity contribution in [3.8, 4) is 23.0 Å². The topological polar surface area (TPSA) is 115 Å². The van der Waals surface area contributed by atoms with Crippen LogP contribution in [0.3, 0.4) is 0 Å². The van der Waals surface area contributed by atoms with Gasteiger partial charge in [0, 0.05) is 17.2 Å². The quantitative estimate of drug-likeness (QED) is 0.302. The molecule has 0 spiro atoms. The Bertz CT molecular complexity index is 1430. The van der Waals surface area contributed by atoms with Crippen molar-refractivity contribution in [2.24, 2.45) is 5.73 Å². The fourth-order valence-electron chi connectivity index (χ4n) is 3.54. The van der Waals surface area contributed by atoms with Gasteiger partial charge in [0.15, 0.2) is 5.65 Å². The Morgan fingerprint density at radius 3 is 2.44 bits per heavy atom. The number of halogens is 3. The van der Waals surface area contributed by atoms with Crippen molar-refractivity contribution in [2.45, 2.75) is 31.9 Å². The predicted molar refractivity (Wildman–Crippen MR) is 126 cm³/mol. The minimum absolute atomic E-state index is 0.107. The van der Waals surface area contributed by atoms with Gasteiger partial charge < -0.3 is 16.6 Å². The fourth-order valence-corrected chi connectivity index (χ4v) is 3.77. The minimum atomic E-state index is -1.22. The summed E-state index contributed by atoms with van der Waals surface area (Å²) in [6.45, 7) is 3.11. The molecule has 0 aliphatic heterocycles. The van der Waals surface area contributed by atoms with Crippen molar-refractivity contribution in [1.29, 1.82) is 0 Å². The van der Waals surface area contributed by atoms with Gasteiger partial charge in [-0.1, -0.05) is 17.5 Å². The van der Waals surface area contributed by atoms with Crippen LogP contribution in [-0.2, 0) is 6.42 Å². The summed E-state index contributed by atoms with van der Waals surface area (Å²) in [4.78, 5) is 4.61. The fraction of sp³-hybridized carbons (Fsp3) is 0.208. The molecule has 0 saturated carbocycles. The van der Waals surface area contributed by atoms with E-state index in [0.717, 1.165) is 6.07 Å². The van der Waals surface area contributed by atoms with Crippen LogP contribution in [-0.4, -0.2) is 30.3 Å². The Kier molecular flexibility index (Phi) is 6.23. The highest BCUT2D eigenvalue weighted by atomic mass is 35.5. The lowest BCUT2D eigenvalue weighted by Gasteiger charge is -2.17. The molecule has 174 valence electrons. The number of anilines is 1. The molecule has 0 bridgehead atoms. The highest BCUT2D eigenvalue weighted by Crippen LogP contribution is 2.33. The lowest BCUT2D eigenvalue weighted by Crippen LogP contribution is -2.17. The highest BCUT2D eigenvalue weighted by molar-refractivity contribution is 6.30. The van der Waals surface area contributed by atoms with Crippen molar-refractivity contribution in [1.82, 2.24) is 19.6 Å². The second-order valence-corrected chi connectivity index (χ2v) is 8.70. The van der Waals surface area contributed by atoms with E-state index in [2.05, 4.69) is 27.0 Å². The van der Waals surface area contributed by atoms with E-state index in [1.165, 1.54) is 16.5 Å². The zero-order valence-corrected chi connectivity index (χ0v) is 19.1. The number of benzene rings is 1. The number of nitrogen functional groups attached to an aromatic ring is 1. The van der Waals surface area contributed by atoms with Crippen LogP contribution in [0, 0.1) is 23.5 Å². The molecule has 4 rings (SSSR count). The van der Waals surface area contributed by atoms with Crippen LogP contribution in [0.15, 0.2) is 42.5 Å². The summed E-state index contributed by atoms with van der Waals surface area (Å²) in [5.74, 6) is 4.26. The molecule has 3 heterocycles. The van der Waals surface area contributed by atoms with Crippen LogP contribution in [0.2, 0.25) is 5.15 Å². The zero-order chi connectivity index (χ0) is 24.6. The third-order valence-corrected chi connectivity index (χ3v) is 5.27. The average molecular weight is 483 g/mol. The molecule has 5 N–H and O–H groups in total. The summed E-state index contributed by atoms with van der Waals surface area (Å²) < 4.78 is 29.0. The highest BCUT2D eigenvalue weighted by Gasteiger charge is 2.20. The molecular weight excluding hydrogens is 462 g/mol. The Labute approximate surface area is 199 Å². The number of aromatic nitrogens is 4. The third kappa shape index (κ3) is 4.99. The Morgan fingerprint density at radius 2 is 1.76 bits per heavy atom. The number of hydrogen-bond donors (Lipinski definition) is 3. The summed E-state index contributed by atoms with van der Waals surface area (Å²) >= 11 is 6.26. The summed E-state index contributed by atoms with van der Waals surface area (Å²) in [6.07, 6.45) is 0.107. The standard InChI is InChI=1S/C24H21ClF2N6O/c1-24(2,34)8-7-16-3-4-17(18-5-6-20(25)33-22(18)31-32-23(33)29)21(30-16)19(28)11-13-9-14(26)12-15(27)10-13/h3-6,9-10,12,19,34H,11,28H2,1-2H3,(H2,29,32)/t19-/m0/s1. The van der Waals surface area contributed by atoms with Crippen LogP contribution in [0.1, 0.15) is 36.8 Å². The van der Waals surface area contributed by atoms with Crippen molar-refractivity contribution >= 4 is 23.2 Å². The van der Waals surface area contributed by atoms with Crippen LogP contribution < -0.4 is 11.5 Å². The van der Waals surface area contributed by atoms with Gasteiger partial charge in [-0.15, -0.1) is 10.2 Å². The smallest absolute Gasteiger partial charge is 0.227 e. The van der Waals surface area contributed by atoms with Gasteiger partial charge in [-0.3, -0.25) is 4.40 Å². The van der Waals surface area contributed by atoms with Crippen LogP contribution in [0.5, 0.6) is 0 Å². The van der Waals surface area contributed by atoms with Gasteiger partial charge in [-0.05, 0) is 68.2 Å². The monoisotopic (exact) mass is 482 g/mol. The molecule has 0 saturated heterocycles. The van der Waals surface area contributed by atoms with E-state index in [-0.39, 0.29) is 12.4 Å². The predicted octanol–water partition coefficient (Wildman–Crippen LogP) is 3.67. The number of fused-ring (bicyclic) bond motifs is 1. The molecule has 3 aromatic heterocycles. The first-order valence-electron chi connectivity index (χ1n) is 10.3. The van der Waals surface area contributed by atoms with Gasteiger partial charge in [0.25, 0.3) is 0 Å². The van der Waals surface area contributed by atoms with Gasteiger partial charge in [-0.2, -0.15) is 0 Å². The van der Waals surface area contributed by atoms with Crippen LogP contribution in [0.25, 0.3) is 16.8 Å². The maximum Gasteiger partial charge on any atom is 0.227 e. The molecule has 34 heavy (non-hydrogen) atoms. The van der Waals surface area contributed by atoms with Crippen LogP contribution in [0.4, 0.5) is 14.7 Å². The van der Waals surface area contributed by atoms with Gasteiger partial charge in [0.1, 0.15) is 28.1 Å². The lowest BCUT2D eigenvalue weighted by atomic mass is 9.96. The second kappa shape index (κ2) is 8.99. The summed E-state index contributed by atoms with van der Waals surface area (Å²) in [5.41, 5.74) is 14.0. The molecule has 0 fully saturated rings. The summed E-state index contributed by atoms with van der Waals surface area (Å²) in [6, 6.07) is 9.31. The Morgan fingerprint density at radius 1 is 1.09 bits per heavy atom. The second-order valence-electron chi connectivity index (χ2n) is 8.31. The molecule has 0 amide bonds. The van der Waals surface area contributed by atoms with E-state index in [1.54, 1.807) is 38.1 Å². The molecule has 1 aromatic carbocycles. The van der Waals surface area contributed by atoms with Gasteiger partial charge in [0.2, 0.25) is 5.95 Å². The van der Waals surface area contributed by atoms with Crippen molar-refractivity contribution in [2.75, 3.05) is 5.73 Å². The van der Waals surface area contributed by atoms with Crippen LogP contribution >= 0.6 is 11.6 Å². The number of hydrogen-bond acceptors (Lipinski definition) is 6. The SMILES string of the molecule is CC(C)(O)C#Cc1ccc(-c2ccc(Cl)n3c(N)nnc23)c([C@@H](N)Cc2cc(F)cc(F)c2)n1. The Hall–Kier alpha value is -3.58. The number of aliphatic hydroxyl groups is 1. The largest absolute Gasteiger partial charge is 0.378 e. The van der Waals surface area contributed by atoms with Gasteiger partial charge >= 0.3 is 0 Å². The van der Waals surface area contributed by atoms with E-state index < -0.39 is 23.3 Å². The third-order valence-electron chi connectivity index (χ3n) is 4.97. The average Bonchev–Trinajstić information content (AvgIpc) is 3.14. The molecule has 0 radical (unpaired) electrons. The molecular formula is C24H21ClF2N6O. The zero-order valence-electron chi connectivity index (χ0n) is 18.4. The normalized spacial score (nSPS) is 12.4. The molecule has 0 aliphatic carbocycles. The van der Waals surface area contributed by atoms with E-state index >= 15 is 0 Å². The number of pyridine rings is 2. The lowest BCUT2D eigenvalue weighted by molar-refractivity contribution is 0.143. The first kappa shape index (κ1) is 23.6. The van der Waals surface area contributed by atoms with Crippen molar-refractivity contribution in [3.63, 3.8) is 0 Å². The number of nitrogens with two attached hydrogens (primary N) is 2. The first-order valence-corrected chi connectivity index (χ1v) is 10.7. The van der Waals surface area contributed by atoms with E-state index in [9.17, 15) is 13.9 Å². The van der Waals surface area contributed by atoms with E-state index in [4.69, 9.17) is 23.1 Å². The molecule has 0 unspecified atom stereocenters. The number of rotatable bonds is 4. The van der Waals surface area contributed by atoms with Gasteiger partial charge in [-0.25, -0.2) is 13.8 Å². The maximum atomic E-state index is 13.7. The van der Waals surface area contributed by atoms with Gasteiger partial charge in [0.05, 0.1) is 11.7 Å².